The summed E-state index contributed by atoms with van der Waals surface area (Å²) in [6, 6.07) is 0. The Labute approximate surface area is 72.7 Å². The molecule has 0 saturated heterocycles. The van der Waals surface area contributed by atoms with Crippen LogP contribution in [0.4, 0.5) is 0 Å². The zero-order valence-electron chi connectivity index (χ0n) is 7.53. The molecule has 3 nitrogen and oxygen atoms in total. The van der Waals surface area contributed by atoms with E-state index in [0.717, 1.165) is 0 Å². The van der Waals surface area contributed by atoms with Crippen LogP contribution in [0.3, 0.4) is 0 Å². The summed E-state index contributed by atoms with van der Waals surface area (Å²) in [7, 11) is 0. The average Bonchev–Trinajstić information content (AvgIpc) is 1.98. The minimum atomic E-state index is -0.962. The van der Waals surface area contributed by atoms with Gasteiger partial charge in [-0.1, -0.05) is 19.9 Å². The summed E-state index contributed by atoms with van der Waals surface area (Å²) in [6.07, 6.45) is 0.800. The number of rotatable bonds is 5. The van der Waals surface area contributed by atoms with Crippen LogP contribution in [-0.2, 0) is 4.79 Å². The lowest BCUT2D eigenvalue weighted by molar-refractivity contribution is -0.145. The third kappa shape index (κ3) is 3.53. The maximum absolute atomic E-state index is 10.6. The first-order chi connectivity index (χ1) is 5.49. The van der Waals surface area contributed by atoms with E-state index in [2.05, 4.69) is 6.58 Å². The molecule has 0 fully saturated rings. The predicted molar refractivity (Wildman–Crippen MR) is 46.8 cm³/mol. The molecule has 12 heavy (non-hydrogen) atoms. The van der Waals surface area contributed by atoms with Crippen molar-refractivity contribution in [2.24, 2.45) is 11.8 Å². The van der Waals surface area contributed by atoms with Gasteiger partial charge in [0.15, 0.2) is 0 Å². The van der Waals surface area contributed by atoms with Crippen molar-refractivity contribution in [2.45, 2.75) is 26.4 Å². The van der Waals surface area contributed by atoms with E-state index in [1.165, 1.54) is 6.08 Å². The first-order valence-corrected chi connectivity index (χ1v) is 4.02. The van der Waals surface area contributed by atoms with Crippen molar-refractivity contribution in [3.63, 3.8) is 0 Å². The number of aliphatic carboxylic acids is 1. The van der Waals surface area contributed by atoms with Crippen molar-refractivity contribution in [2.75, 3.05) is 0 Å². The summed E-state index contributed by atoms with van der Waals surface area (Å²) in [5, 5.41) is 18.0. The Bertz CT molecular complexity index is 163. The molecule has 0 radical (unpaired) electrons. The predicted octanol–water partition coefficient (Wildman–Crippen LogP) is 1.28. The third-order valence-electron chi connectivity index (χ3n) is 1.70. The molecule has 0 unspecified atom stereocenters. The number of hydrogen-bond acceptors (Lipinski definition) is 2. The molecule has 2 N–H and O–H groups in total. The molecule has 0 aliphatic rings. The number of carbonyl (C=O) groups is 1. The number of hydrogen-bond donors (Lipinski definition) is 2. The highest BCUT2D eigenvalue weighted by Gasteiger charge is 2.24. The SMILES string of the molecule is C=C[C@@H](O)[C@@H](CC(C)C)C(=O)O. The molecule has 70 valence electrons. The number of aliphatic hydroxyl groups is 1. The molecule has 3 heteroatoms. The van der Waals surface area contributed by atoms with E-state index in [4.69, 9.17) is 5.11 Å². The maximum atomic E-state index is 10.6. The van der Waals surface area contributed by atoms with Crippen molar-refractivity contribution < 1.29 is 15.0 Å². The second-order valence-corrected chi connectivity index (χ2v) is 3.30. The van der Waals surface area contributed by atoms with Gasteiger partial charge in [-0.05, 0) is 12.3 Å². The summed E-state index contributed by atoms with van der Waals surface area (Å²) >= 11 is 0. The first-order valence-electron chi connectivity index (χ1n) is 4.02. The fourth-order valence-electron chi connectivity index (χ4n) is 1.06. The zero-order valence-corrected chi connectivity index (χ0v) is 7.53. The van der Waals surface area contributed by atoms with Gasteiger partial charge in [-0.25, -0.2) is 0 Å². The molecule has 0 amide bonds. The Morgan fingerprint density at radius 3 is 2.33 bits per heavy atom. The van der Waals surface area contributed by atoms with E-state index in [0.29, 0.717) is 6.42 Å². The Morgan fingerprint density at radius 2 is 2.08 bits per heavy atom. The largest absolute Gasteiger partial charge is 0.481 e. The molecular formula is C9H16O3. The fourth-order valence-corrected chi connectivity index (χ4v) is 1.06. The lowest BCUT2D eigenvalue weighted by Gasteiger charge is -2.17. The number of carboxylic acids is 1. The summed E-state index contributed by atoms with van der Waals surface area (Å²) in [5.41, 5.74) is 0. The second-order valence-electron chi connectivity index (χ2n) is 3.30. The lowest BCUT2D eigenvalue weighted by Crippen LogP contribution is -2.27. The van der Waals surface area contributed by atoms with Crippen LogP contribution in [-0.4, -0.2) is 22.3 Å². The van der Waals surface area contributed by atoms with E-state index in [1.54, 1.807) is 0 Å². The molecule has 0 aliphatic carbocycles. The summed E-state index contributed by atoms with van der Waals surface area (Å²) in [5.74, 6) is -1.42. The van der Waals surface area contributed by atoms with Crippen LogP contribution >= 0.6 is 0 Å². The van der Waals surface area contributed by atoms with Crippen molar-refractivity contribution in [1.82, 2.24) is 0 Å². The molecular weight excluding hydrogens is 156 g/mol. The standard InChI is InChI=1S/C9H16O3/c1-4-8(10)7(9(11)12)5-6(2)3/h4,6-8,10H,1,5H2,2-3H3,(H,11,12)/t7-,8-/m1/s1. The van der Waals surface area contributed by atoms with Gasteiger partial charge < -0.3 is 10.2 Å². The van der Waals surface area contributed by atoms with Crippen LogP contribution in [0.5, 0.6) is 0 Å². The van der Waals surface area contributed by atoms with Crippen molar-refractivity contribution in [3.05, 3.63) is 12.7 Å². The van der Waals surface area contributed by atoms with Gasteiger partial charge in [0.05, 0.1) is 12.0 Å². The Balaban J connectivity index is 4.22. The second kappa shape index (κ2) is 4.93. The number of carboxylic acid groups (broad SMARTS) is 1. The summed E-state index contributed by atoms with van der Waals surface area (Å²) in [4.78, 5) is 10.6. The van der Waals surface area contributed by atoms with E-state index in [1.807, 2.05) is 13.8 Å². The van der Waals surface area contributed by atoms with Crippen LogP contribution in [0.15, 0.2) is 12.7 Å². The number of aliphatic hydroxyl groups excluding tert-OH is 1. The fraction of sp³-hybridized carbons (Fsp3) is 0.667. The molecule has 0 rings (SSSR count). The molecule has 0 heterocycles. The smallest absolute Gasteiger partial charge is 0.309 e. The zero-order chi connectivity index (χ0) is 9.72. The maximum Gasteiger partial charge on any atom is 0.309 e. The average molecular weight is 172 g/mol. The van der Waals surface area contributed by atoms with Gasteiger partial charge in [-0.3, -0.25) is 4.79 Å². The van der Waals surface area contributed by atoms with Gasteiger partial charge in [0.1, 0.15) is 0 Å². The van der Waals surface area contributed by atoms with Crippen LogP contribution < -0.4 is 0 Å². The highest BCUT2D eigenvalue weighted by molar-refractivity contribution is 5.71. The summed E-state index contributed by atoms with van der Waals surface area (Å²) < 4.78 is 0. The van der Waals surface area contributed by atoms with Crippen LogP contribution in [0.1, 0.15) is 20.3 Å². The minimum absolute atomic E-state index is 0.265. The molecule has 2 atom stereocenters. The quantitative estimate of drug-likeness (QED) is 0.614. The van der Waals surface area contributed by atoms with E-state index in [9.17, 15) is 9.90 Å². The molecule has 0 bridgehead atoms. The monoisotopic (exact) mass is 172 g/mol. The van der Waals surface area contributed by atoms with E-state index in [-0.39, 0.29) is 5.92 Å². The highest BCUT2D eigenvalue weighted by atomic mass is 16.4. The summed E-state index contributed by atoms with van der Waals surface area (Å²) in [6.45, 7) is 7.20. The molecule has 0 aliphatic heterocycles. The molecule has 0 saturated carbocycles. The Morgan fingerprint density at radius 1 is 1.58 bits per heavy atom. The topological polar surface area (TPSA) is 57.5 Å². The first kappa shape index (κ1) is 11.2. The van der Waals surface area contributed by atoms with E-state index < -0.39 is 18.0 Å². The Kier molecular flexibility index (Phi) is 4.59. The molecule has 0 aromatic heterocycles. The van der Waals surface area contributed by atoms with Crippen LogP contribution in [0, 0.1) is 11.8 Å². The minimum Gasteiger partial charge on any atom is -0.481 e. The Hall–Kier alpha value is -0.830. The van der Waals surface area contributed by atoms with Gasteiger partial charge in [0, 0.05) is 0 Å². The van der Waals surface area contributed by atoms with Gasteiger partial charge >= 0.3 is 5.97 Å². The van der Waals surface area contributed by atoms with E-state index >= 15 is 0 Å². The van der Waals surface area contributed by atoms with Crippen LogP contribution in [0.2, 0.25) is 0 Å². The van der Waals surface area contributed by atoms with Gasteiger partial charge in [0.2, 0.25) is 0 Å². The van der Waals surface area contributed by atoms with Crippen molar-refractivity contribution >= 4 is 5.97 Å². The van der Waals surface area contributed by atoms with Crippen molar-refractivity contribution in [3.8, 4) is 0 Å². The highest BCUT2D eigenvalue weighted by Crippen LogP contribution is 2.16. The molecule has 0 aromatic carbocycles. The van der Waals surface area contributed by atoms with Gasteiger partial charge in [0.25, 0.3) is 0 Å². The van der Waals surface area contributed by atoms with Crippen molar-refractivity contribution in [1.29, 1.82) is 0 Å². The lowest BCUT2D eigenvalue weighted by atomic mass is 9.92. The van der Waals surface area contributed by atoms with Crippen LogP contribution in [0.25, 0.3) is 0 Å². The van der Waals surface area contributed by atoms with Gasteiger partial charge in [-0.2, -0.15) is 0 Å². The molecule has 0 spiro atoms. The normalized spacial score (nSPS) is 15.7. The van der Waals surface area contributed by atoms with Gasteiger partial charge in [-0.15, -0.1) is 6.58 Å². The third-order valence-corrected chi connectivity index (χ3v) is 1.70. The molecule has 0 aromatic rings.